The van der Waals surface area contributed by atoms with Gasteiger partial charge in [0.25, 0.3) is 0 Å². The molecule has 2 heterocycles. The van der Waals surface area contributed by atoms with Gasteiger partial charge in [-0.05, 0) is 17.7 Å². The van der Waals surface area contributed by atoms with E-state index in [2.05, 4.69) is 15.2 Å². The number of furan rings is 1. The van der Waals surface area contributed by atoms with Gasteiger partial charge in [-0.2, -0.15) is 0 Å². The Morgan fingerprint density at radius 1 is 1.11 bits per heavy atom. The smallest absolute Gasteiger partial charge is 0.216 e. The molecule has 0 radical (unpaired) electrons. The summed E-state index contributed by atoms with van der Waals surface area (Å²) in [6.07, 6.45) is 1.59. The number of nitrogens with one attached hydrogen (secondary N) is 1. The van der Waals surface area contributed by atoms with Crippen LogP contribution >= 0.6 is 0 Å². The summed E-state index contributed by atoms with van der Waals surface area (Å²) in [5.74, 6) is 1.76. The summed E-state index contributed by atoms with van der Waals surface area (Å²) >= 11 is 0. The molecule has 0 fully saturated rings. The first kappa shape index (κ1) is 10.7. The van der Waals surface area contributed by atoms with Gasteiger partial charge in [0.2, 0.25) is 5.82 Å². The van der Waals surface area contributed by atoms with E-state index in [4.69, 9.17) is 10.2 Å². The third-order valence-electron chi connectivity index (χ3n) is 2.70. The molecule has 0 aliphatic heterocycles. The topological polar surface area (TPSA) is 80.7 Å². The third-order valence-corrected chi connectivity index (χ3v) is 2.70. The summed E-state index contributed by atoms with van der Waals surface area (Å²) in [4.78, 5) is 4.34. The molecule has 0 unspecified atom stereocenters. The molecule has 3 N–H and O–H groups in total. The Bertz CT molecular complexity index is 616. The SMILES string of the molecule is N[C@@H](c1ccccc1)c1nc(-c2ccco2)n[nH]1. The zero-order chi connectivity index (χ0) is 12.4. The Morgan fingerprint density at radius 2 is 1.94 bits per heavy atom. The minimum atomic E-state index is -0.317. The van der Waals surface area contributed by atoms with Gasteiger partial charge in [0, 0.05) is 0 Å². The number of hydrogen-bond donors (Lipinski definition) is 2. The van der Waals surface area contributed by atoms with Gasteiger partial charge < -0.3 is 10.2 Å². The van der Waals surface area contributed by atoms with E-state index in [1.807, 2.05) is 30.3 Å². The van der Waals surface area contributed by atoms with Crippen molar-refractivity contribution in [1.29, 1.82) is 0 Å². The van der Waals surface area contributed by atoms with Crippen LogP contribution in [0.15, 0.2) is 53.1 Å². The van der Waals surface area contributed by atoms with Crippen LogP contribution in [0.1, 0.15) is 17.4 Å². The standard InChI is InChI=1S/C13H12N4O/c14-11(9-5-2-1-3-6-9)13-15-12(16-17-13)10-7-4-8-18-10/h1-8,11H,14H2,(H,15,16,17)/t11-/m0/s1. The highest BCUT2D eigenvalue weighted by Gasteiger charge is 2.15. The number of nitrogens with two attached hydrogens (primary N) is 1. The lowest BCUT2D eigenvalue weighted by Crippen LogP contribution is -2.13. The average Bonchev–Trinajstić information content (AvgIpc) is 3.09. The zero-order valence-corrected chi connectivity index (χ0v) is 9.58. The number of rotatable bonds is 3. The first-order valence-corrected chi connectivity index (χ1v) is 5.61. The lowest BCUT2D eigenvalue weighted by atomic mass is 10.1. The second-order valence-corrected chi connectivity index (χ2v) is 3.91. The summed E-state index contributed by atoms with van der Waals surface area (Å²) in [6.45, 7) is 0. The van der Waals surface area contributed by atoms with Crippen LogP contribution < -0.4 is 5.73 Å². The first-order chi connectivity index (χ1) is 8.84. The van der Waals surface area contributed by atoms with E-state index in [0.717, 1.165) is 5.56 Å². The molecule has 0 saturated carbocycles. The molecule has 3 aromatic rings. The largest absolute Gasteiger partial charge is 0.461 e. The normalized spacial score (nSPS) is 12.5. The summed E-state index contributed by atoms with van der Waals surface area (Å²) in [6, 6.07) is 13.0. The maximum Gasteiger partial charge on any atom is 0.216 e. The van der Waals surface area contributed by atoms with Gasteiger partial charge in [-0.1, -0.05) is 30.3 Å². The number of aromatic amines is 1. The van der Waals surface area contributed by atoms with Crippen molar-refractivity contribution in [1.82, 2.24) is 15.2 Å². The van der Waals surface area contributed by atoms with Gasteiger partial charge >= 0.3 is 0 Å². The molecule has 0 spiro atoms. The highest BCUT2D eigenvalue weighted by atomic mass is 16.3. The van der Waals surface area contributed by atoms with E-state index in [1.165, 1.54) is 0 Å². The Kier molecular flexibility index (Phi) is 2.66. The molecule has 18 heavy (non-hydrogen) atoms. The summed E-state index contributed by atoms with van der Waals surface area (Å²) in [7, 11) is 0. The molecular formula is C13H12N4O. The van der Waals surface area contributed by atoms with E-state index in [9.17, 15) is 0 Å². The first-order valence-electron chi connectivity index (χ1n) is 5.61. The highest BCUT2D eigenvalue weighted by molar-refractivity contribution is 5.45. The van der Waals surface area contributed by atoms with Crippen molar-refractivity contribution in [2.45, 2.75) is 6.04 Å². The minimum Gasteiger partial charge on any atom is -0.461 e. The number of nitrogens with zero attached hydrogens (tertiary/aromatic N) is 2. The Balaban J connectivity index is 1.90. The second kappa shape index (κ2) is 4.46. The second-order valence-electron chi connectivity index (χ2n) is 3.91. The van der Waals surface area contributed by atoms with Gasteiger partial charge in [0.05, 0.1) is 12.3 Å². The number of hydrogen-bond acceptors (Lipinski definition) is 4. The van der Waals surface area contributed by atoms with Crippen LogP contribution in [0.4, 0.5) is 0 Å². The van der Waals surface area contributed by atoms with Crippen LogP contribution in [0.5, 0.6) is 0 Å². The Morgan fingerprint density at radius 3 is 2.67 bits per heavy atom. The number of aromatic nitrogens is 3. The fourth-order valence-corrected chi connectivity index (χ4v) is 1.75. The summed E-state index contributed by atoms with van der Waals surface area (Å²) < 4.78 is 5.23. The van der Waals surface area contributed by atoms with Crippen molar-refractivity contribution in [3.05, 3.63) is 60.1 Å². The predicted molar refractivity (Wildman–Crippen MR) is 66.6 cm³/mol. The molecule has 0 saturated heterocycles. The molecule has 90 valence electrons. The fraction of sp³-hybridized carbons (Fsp3) is 0.0769. The van der Waals surface area contributed by atoms with Gasteiger partial charge in [-0.3, -0.25) is 5.10 Å². The van der Waals surface area contributed by atoms with Crippen molar-refractivity contribution < 1.29 is 4.42 Å². The average molecular weight is 240 g/mol. The fourth-order valence-electron chi connectivity index (χ4n) is 1.75. The monoisotopic (exact) mass is 240 g/mol. The molecule has 0 aliphatic rings. The summed E-state index contributed by atoms with van der Waals surface area (Å²) in [5.41, 5.74) is 7.10. The van der Waals surface area contributed by atoms with Crippen molar-refractivity contribution >= 4 is 0 Å². The minimum absolute atomic E-state index is 0.317. The molecule has 1 aromatic carbocycles. The van der Waals surface area contributed by atoms with Crippen molar-refractivity contribution in [3.8, 4) is 11.6 Å². The lowest BCUT2D eigenvalue weighted by molar-refractivity contribution is 0.577. The van der Waals surface area contributed by atoms with E-state index in [-0.39, 0.29) is 6.04 Å². The Labute approximate surface area is 104 Å². The molecule has 0 bridgehead atoms. The number of benzene rings is 1. The molecule has 0 aliphatic carbocycles. The lowest BCUT2D eigenvalue weighted by Gasteiger charge is -2.07. The van der Waals surface area contributed by atoms with Crippen molar-refractivity contribution in [2.75, 3.05) is 0 Å². The van der Waals surface area contributed by atoms with Gasteiger partial charge in [-0.15, -0.1) is 5.10 Å². The van der Waals surface area contributed by atoms with Crippen molar-refractivity contribution in [3.63, 3.8) is 0 Å². The van der Waals surface area contributed by atoms with Crippen LogP contribution in [0.2, 0.25) is 0 Å². The van der Waals surface area contributed by atoms with Gasteiger partial charge in [-0.25, -0.2) is 4.98 Å². The highest BCUT2D eigenvalue weighted by Crippen LogP contribution is 2.19. The molecular weight excluding hydrogens is 228 g/mol. The molecule has 3 rings (SSSR count). The van der Waals surface area contributed by atoms with Crippen LogP contribution in [0.25, 0.3) is 11.6 Å². The van der Waals surface area contributed by atoms with E-state index in [0.29, 0.717) is 17.4 Å². The zero-order valence-electron chi connectivity index (χ0n) is 9.58. The molecule has 2 aromatic heterocycles. The van der Waals surface area contributed by atoms with E-state index in [1.54, 1.807) is 18.4 Å². The summed E-state index contributed by atoms with van der Waals surface area (Å²) in [5, 5.41) is 6.94. The molecule has 5 nitrogen and oxygen atoms in total. The predicted octanol–water partition coefficient (Wildman–Crippen LogP) is 2.11. The molecule has 0 amide bonds. The maximum absolute atomic E-state index is 6.12. The quantitative estimate of drug-likeness (QED) is 0.734. The van der Waals surface area contributed by atoms with Gasteiger partial charge in [0.15, 0.2) is 5.76 Å². The van der Waals surface area contributed by atoms with Crippen molar-refractivity contribution in [2.24, 2.45) is 5.73 Å². The van der Waals surface area contributed by atoms with E-state index < -0.39 is 0 Å². The van der Waals surface area contributed by atoms with Crippen LogP contribution in [0, 0.1) is 0 Å². The molecule has 1 atom stereocenters. The number of H-pyrrole nitrogens is 1. The Hall–Kier alpha value is -2.40. The molecule has 5 heteroatoms. The van der Waals surface area contributed by atoms with Gasteiger partial charge in [0.1, 0.15) is 5.82 Å². The third kappa shape index (κ3) is 1.91. The maximum atomic E-state index is 6.12. The van der Waals surface area contributed by atoms with Crippen LogP contribution in [0.3, 0.4) is 0 Å². The van der Waals surface area contributed by atoms with Crippen LogP contribution in [-0.4, -0.2) is 15.2 Å². The van der Waals surface area contributed by atoms with Crippen LogP contribution in [-0.2, 0) is 0 Å². The van der Waals surface area contributed by atoms with E-state index >= 15 is 0 Å².